The normalized spacial score (nSPS) is 24.9. The molecular weight excluding hydrogens is 346 g/mol. The molecule has 5 rings (SSSR count). The highest BCUT2D eigenvalue weighted by Crippen LogP contribution is 2.39. The summed E-state index contributed by atoms with van der Waals surface area (Å²) in [6.45, 7) is 4.23. The van der Waals surface area contributed by atoms with Crippen LogP contribution in [0.2, 0.25) is 0 Å². The van der Waals surface area contributed by atoms with E-state index < -0.39 is 5.60 Å². The lowest BCUT2D eigenvalue weighted by Gasteiger charge is -2.36. The van der Waals surface area contributed by atoms with Gasteiger partial charge in [0.15, 0.2) is 11.5 Å². The summed E-state index contributed by atoms with van der Waals surface area (Å²) in [6, 6.07) is 4.12. The Morgan fingerprint density at radius 3 is 2.44 bits per heavy atom. The Morgan fingerprint density at radius 2 is 1.74 bits per heavy atom. The van der Waals surface area contributed by atoms with Gasteiger partial charge in [0.2, 0.25) is 0 Å². The number of aliphatic hydroxyl groups is 1. The molecular formula is C19H27N5O3. The molecule has 8 nitrogen and oxygen atoms in total. The van der Waals surface area contributed by atoms with E-state index in [0.717, 1.165) is 43.1 Å². The molecule has 0 atom stereocenters. The number of aromatic nitrogens is 4. The van der Waals surface area contributed by atoms with Crippen molar-refractivity contribution in [3.05, 3.63) is 23.7 Å². The molecule has 3 fully saturated rings. The molecule has 1 aliphatic carbocycles. The number of hydrogen-bond donors (Lipinski definition) is 1. The quantitative estimate of drug-likeness (QED) is 0.854. The molecule has 146 valence electrons. The maximum absolute atomic E-state index is 10.8. The molecule has 0 unspecified atom stereocenters. The van der Waals surface area contributed by atoms with E-state index in [1.54, 1.807) is 0 Å². The Hall–Kier alpha value is -1.61. The number of hydrogen-bond acceptors (Lipinski definition) is 7. The van der Waals surface area contributed by atoms with Crippen molar-refractivity contribution in [3.63, 3.8) is 0 Å². The Bertz CT molecular complexity index is 790. The lowest BCUT2D eigenvalue weighted by atomic mass is 9.94. The van der Waals surface area contributed by atoms with Gasteiger partial charge in [0.05, 0.1) is 32.1 Å². The van der Waals surface area contributed by atoms with E-state index in [2.05, 4.69) is 21.2 Å². The summed E-state index contributed by atoms with van der Waals surface area (Å²) in [5, 5.41) is 24.3. The van der Waals surface area contributed by atoms with Crippen molar-refractivity contribution in [1.82, 2.24) is 24.7 Å². The average molecular weight is 373 g/mol. The van der Waals surface area contributed by atoms with Crippen molar-refractivity contribution < 1.29 is 14.6 Å². The van der Waals surface area contributed by atoms with Crippen LogP contribution in [0, 0.1) is 0 Å². The van der Waals surface area contributed by atoms with Crippen LogP contribution in [0.15, 0.2) is 12.1 Å². The van der Waals surface area contributed by atoms with Crippen LogP contribution in [0.1, 0.15) is 49.0 Å². The van der Waals surface area contributed by atoms with E-state index in [1.165, 1.54) is 12.8 Å². The Balaban J connectivity index is 1.25. The third-order valence-corrected chi connectivity index (χ3v) is 5.89. The largest absolute Gasteiger partial charge is 0.384 e. The smallest absolute Gasteiger partial charge is 0.177 e. The van der Waals surface area contributed by atoms with E-state index in [9.17, 15) is 5.11 Å². The first-order valence-corrected chi connectivity index (χ1v) is 10.0. The van der Waals surface area contributed by atoms with Crippen molar-refractivity contribution in [3.8, 4) is 0 Å². The fourth-order valence-corrected chi connectivity index (χ4v) is 4.21. The first-order chi connectivity index (χ1) is 13.2. The average Bonchev–Trinajstić information content (AvgIpc) is 3.47. The molecule has 2 aliphatic heterocycles. The lowest BCUT2D eigenvalue weighted by Crippen LogP contribution is -2.50. The Morgan fingerprint density at radius 1 is 1.00 bits per heavy atom. The van der Waals surface area contributed by atoms with Crippen LogP contribution in [0.25, 0.3) is 5.65 Å². The van der Waals surface area contributed by atoms with Crippen LogP contribution >= 0.6 is 0 Å². The van der Waals surface area contributed by atoms with Crippen molar-refractivity contribution in [2.75, 3.05) is 46.1 Å². The summed E-state index contributed by atoms with van der Waals surface area (Å²) in [5.74, 6) is 1.96. The van der Waals surface area contributed by atoms with Gasteiger partial charge in [-0.15, -0.1) is 10.2 Å². The highest BCUT2D eigenvalue weighted by atomic mass is 16.6. The summed E-state index contributed by atoms with van der Waals surface area (Å²) in [5.41, 5.74) is 1.08. The summed E-state index contributed by atoms with van der Waals surface area (Å²) < 4.78 is 12.9. The zero-order valence-corrected chi connectivity index (χ0v) is 15.6. The zero-order chi connectivity index (χ0) is 18.3. The van der Waals surface area contributed by atoms with Gasteiger partial charge >= 0.3 is 0 Å². The number of ether oxygens (including phenoxy) is 2. The second-order valence-corrected chi connectivity index (χ2v) is 8.24. The number of β-amino-alcohol motifs (C(OH)–C–C–N with tert-alkyl or cyclic N) is 1. The predicted octanol–water partition coefficient (Wildman–Crippen LogP) is 0.959. The molecule has 3 aliphatic rings. The number of fused-ring (bicyclic) bond motifs is 1. The van der Waals surface area contributed by atoms with Crippen molar-refractivity contribution in [2.24, 2.45) is 0 Å². The molecule has 0 bridgehead atoms. The van der Waals surface area contributed by atoms with Crippen LogP contribution in [0.3, 0.4) is 0 Å². The molecule has 0 spiro atoms. The van der Waals surface area contributed by atoms with Crippen LogP contribution in [-0.2, 0) is 9.47 Å². The monoisotopic (exact) mass is 373 g/mol. The maximum atomic E-state index is 10.8. The lowest BCUT2D eigenvalue weighted by molar-refractivity contribution is -0.0768. The van der Waals surface area contributed by atoms with Gasteiger partial charge in [0.1, 0.15) is 5.60 Å². The second-order valence-electron chi connectivity index (χ2n) is 8.24. The van der Waals surface area contributed by atoms with Crippen molar-refractivity contribution in [2.45, 2.75) is 43.1 Å². The highest BCUT2D eigenvalue weighted by Gasteiger charge is 2.34. The molecule has 1 N–H and O–H groups in total. The minimum atomic E-state index is -0.911. The molecule has 0 radical (unpaired) electrons. The topological polar surface area (TPSA) is 85.0 Å². The highest BCUT2D eigenvalue weighted by molar-refractivity contribution is 5.38. The van der Waals surface area contributed by atoms with Gasteiger partial charge in [-0.2, -0.15) is 9.61 Å². The van der Waals surface area contributed by atoms with Gasteiger partial charge in [-0.25, -0.2) is 0 Å². The number of rotatable bonds is 4. The molecule has 8 heteroatoms. The minimum absolute atomic E-state index is 0.343. The van der Waals surface area contributed by atoms with Crippen molar-refractivity contribution >= 4 is 5.65 Å². The first kappa shape index (κ1) is 17.5. The molecule has 2 saturated heterocycles. The molecule has 0 amide bonds. The van der Waals surface area contributed by atoms with Crippen LogP contribution in [0.4, 0.5) is 0 Å². The summed E-state index contributed by atoms with van der Waals surface area (Å²) >= 11 is 0. The fraction of sp³-hybridized carbons (Fsp3) is 0.737. The van der Waals surface area contributed by atoms with Gasteiger partial charge in [-0.1, -0.05) is 0 Å². The predicted molar refractivity (Wildman–Crippen MR) is 97.8 cm³/mol. The third kappa shape index (κ3) is 3.71. The van der Waals surface area contributed by atoms with Gasteiger partial charge in [-0.3, -0.25) is 0 Å². The molecule has 4 heterocycles. The van der Waals surface area contributed by atoms with Crippen LogP contribution in [0.5, 0.6) is 0 Å². The van der Waals surface area contributed by atoms with Gasteiger partial charge in [-0.05, 0) is 50.9 Å². The maximum Gasteiger partial charge on any atom is 0.177 e. The van der Waals surface area contributed by atoms with E-state index in [-0.39, 0.29) is 0 Å². The summed E-state index contributed by atoms with van der Waals surface area (Å²) in [6.07, 6.45) is 4.47. The summed E-state index contributed by atoms with van der Waals surface area (Å²) in [7, 11) is 0. The molecule has 27 heavy (non-hydrogen) atoms. The molecule has 2 aromatic rings. The first-order valence-electron chi connectivity index (χ1n) is 10.0. The number of piperidine rings is 1. The van der Waals surface area contributed by atoms with Gasteiger partial charge < -0.3 is 19.5 Å². The Labute approximate surface area is 158 Å². The zero-order valence-electron chi connectivity index (χ0n) is 15.6. The fourth-order valence-electron chi connectivity index (χ4n) is 4.21. The summed E-state index contributed by atoms with van der Waals surface area (Å²) in [4.78, 5) is 2.31. The number of likely N-dealkylation sites (tertiary alicyclic amines) is 1. The standard InChI is InChI=1S/C19H27N5O3/c25-19(12-26-9-10-27-13-19)11-23-7-5-15(6-8-23)18-21-20-17-4-3-16(14-1-2-14)22-24(17)18/h3-4,14-15,25H,1-2,5-13H2. The number of nitrogens with zero attached hydrogens (tertiary/aromatic N) is 5. The minimum Gasteiger partial charge on any atom is -0.384 e. The molecule has 1 saturated carbocycles. The van der Waals surface area contributed by atoms with E-state index in [4.69, 9.17) is 14.6 Å². The molecule has 2 aromatic heterocycles. The van der Waals surface area contributed by atoms with Crippen LogP contribution < -0.4 is 0 Å². The second kappa shape index (κ2) is 7.09. The van der Waals surface area contributed by atoms with E-state index in [1.807, 2.05) is 10.6 Å². The SMILES string of the molecule is OC1(CN2CCC(c3nnc4ccc(C5CC5)nn34)CC2)COCCOC1. The third-order valence-electron chi connectivity index (χ3n) is 5.89. The van der Waals surface area contributed by atoms with Crippen LogP contribution in [-0.4, -0.2) is 81.5 Å². The van der Waals surface area contributed by atoms with Crippen molar-refractivity contribution in [1.29, 1.82) is 0 Å². The Kier molecular flexibility index (Phi) is 4.59. The molecule has 0 aromatic carbocycles. The van der Waals surface area contributed by atoms with Gasteiger partial charge in [0, 0.05) is 18.4 Å². The van der Waals surface area contributed by atoms with E-state index >= 15 is 0 Å². The van der Waals surface area contributed by atoms with E-state index in [0.29, 0.717) is 44.8 Å². The van der Waals surface area contributed by atoms with Gasteiger partial charge in [0.25, 0.3) is 0 Å².